The Morgan fingerprint density at radius 1 is 1.43 bits per heavy atom. The Kier molecular flexibility index (Phi) is 6.21. The topological polar surface area (TPSA) is 84.3 Å². The molecule has 1 atom stereocenters. The molecule has 3 rings (SSSR count). The SMILES string of the molecule is CCn1cc(S(=O)(=O)N2CCCC(C(=O)Nc3ccc(Br)cc3F)C2)c(C)n1. The summed E-state index contributed by atoms with van der Waals surface area (Å²) in [6, 6.07) is 4.36. The summed E-state index contributed by atoms with van der Waals surface area (Å²) in [5.41, 5.74) is 0.513. The highest BCUT2D eigenvalue weighted by molar-refractivity contribution is 9.10. The predicted octanol–water partition coefficient (Wildman–Crippen LogP) is 3.15. The average Bonchev–Trinajstić information content (AvgIpc) is 3.06. The van der Waals surface area contributed by atoms with E-state index in [0.29, 0.717) is 36.1 Å². The van der Waals surface area contributed by atoms with Crippen molar-refractivity contribution in [1.29, 1.82) is 0 Å². The van der Waals surface area contributed by atoms with Gasteiger partial charge in [0.25, 0.3) is 0 Å². The first-order chi connectivity index (χ1) is 13.2. The highest BCUT2D eigenvalue weighted by Crippen LogP contribution is 2.27. The van der Waals surface area contributed by atoms with E-state index < -0.39 is 21.8 Å². The minimum absolute atomic E-state index is 0.0586. The summed E-state index contributed by atoms with van der Waals surface area (Å²) in [5.74, 6) is -1.49. The van der Waals surface area contributed by atoms with Crippen LogP contribution < -0.4 is 5.32 Å². The highest BCUT2D eigenvalue weighted by atomic mass is 79.9. The second kappa shape index (κ2) is 8.30. The molecule has 2 heterocycles. The highest BCUT2D eigenvalue weighted by Gasteiger charge is 2.35. The van der Waals surface area contributed by atoms with Crippen LogP contribution in [0.2, 0.25) is 0 Å². The zero-order valence-electron chi connectivity index (χ0n) is 15.7. The Balaban J connectivity index is 1.75. The number of hydrogen-bond donors (Lipinski definition) is 1. The third-order valence-corrected chi connectivity index (χ3v) is 7.25. The fraction of sp³-hybridized carbons (Fsp3) is 0.444. The Labute approximate surface area is 172 Å². The number of carbonyl (C=O) groups excluding carboxylic acids is 1. The van der Waals surface area contributed by atoms with Gasteiger partial charge in [-0.05, 0) is 44.9 Å². The molecular weight excluding hydrogens is 451 g/mol. The third kappa shape index (κ3) is 4.28. The number of rotatable bonds is 5. The van der Waals surface area contributed by atoms with Gasteiger partial charge in [-0.3, -0.25) is 9.48 Å². The van der Waals surface area contributed by atoms with Gasteiger partial charge in [0.05, 0.1) is 17.3 Å². The van der Waals surface area contributed by atoms with Crippen molar-refractivity contribution < 1.29 is 17.6 Å². The van der Waals surface area contributed by atoms with E-state index in [-0.39, 0.29) is 23.0 Å². The average molecular weight is 473 g/mol. The van der Waals surface area contributed by atoms with E-state index in [9.17, 15) is 17.6 Å². The minimum Gasteiger partial charge on any atom is -0.323 e. The molecule has 10 heteroatoms. The summed E-state index contributed by atoms with van der Waals surface area (Å²) in [7, 11) is -3.75. The van der Waals surface area contributed by atoms with Crippen LogP contribution in [0.4, 0.5) is 10.1 Å². The van der Waals surface area contributed by atoms with Crippen molar-refractivity contribution in [2.45, 2.75) is 38.1 Å². The lowest BCUT2D eigenvalue weighted by atomic mass is 9.98. The number of anilines is 1. The standard InChI is InChI=1S/C18H22BrFN4O3S/c1-3-23-11-17(12(2)22-23)28(26,27)24-8-4-5-13(10-24)18(25)21-16-7-6-14(19)9-15(16)20/h6-7,9,11,13H,3-5,8,10H2,1-2H3,(H,21,25). The van der Waals surface area contributed by atoms with E-state index in [2.05, 4.69) is 26.3 Å². The van der Waals surface area contributed by atoms with Gasteiger partial charge in [0.2, 0.25) is 15.9 Å². The minimum atomic E-state index is -3.75. The molecule has 1 aromatic carbocycles. The van der Waals surface area contributed by atoms with Crippen LogP contribution >= 0.6 is 15.9 Å². The number of carbonyl (C=O) groups is 1. The van der Waals surface area contributed by atoms with Crippen LogP contribution in [0.1, 0.15) is 25.5 Å². The summed E-state index contributed by atoms with van der Waals surface area (Å²) >= 11 is 3.17. The molecule has 28 heavy (non-hydrogen) atoms. The third-order valence-electron chi connectivity index (χ3n) is 4.79. The second-order valence-electron chi connectivity index (χ2n) is 6.75. The molecule has 1 unspecified atom stereocenters. The van der Waals surface area contributed by atoms with Crippen LogP contribution in [0.5, 0.6) is 0 Å². The maximum Gasteiger partial charge on any atom is 0.246 e. The summed E-state index contributed by atoms with van der Waals surface area (Å²) in [6.07, 6.45) is 2.62. The van der Waals surface area contributed by atoms with Crippen LogP contribution in [-0.2, 0) is 21.4 Å². The van der Waals surface area contributed by atoms with Gasteiger partial charge in [-0.15, -0.1) is 0 Å². The van der Waals surface area contributed by atoms with Gasteiger partial charge in [-0.2, -0.15) is 9.40 Å². The summed E-state index contributed by atoms with van der Waals surface area (Å²) in [5, 5.41) is 6.77. The molecule has 1 aliphatic rings. The van der Waals surface area contributed by atoms with E-state index in [1.165, 1.54) is 22.6 Å². The van der Waals surface area contributed by atoms with Crippen molar-refractivity contribution in [3.63, 3.8) is 0 Å². The van der Waals surface area contributed by atoms with Crippen LogP contribution in [0, 0.1) is 18.7 Å². The molecule has 1 fully saturated rings. The molecule has 1 saturated heterocycles. The lowest BCUT2D eigenvalue weighted by molar-refractivity contribution is -0.120. The zero-order valence-corrected chi connectivity index (χ0v) is 18.1. The van der Waals surface area contributed by atoms with Crippen molar-refractivity contribution in [3.05, 3.63) is 40.4 Å². The lowest BCUT2D eigenvalue weighted by Gasteiger charge is -2.31. The van der Waals surface area contributed by atoms with E-state index in [0.717, 1.165) is 0 Å². The number of halogens is 2. The van der Waals surface area contributed by atoms with Crippen molar-refractivity contribution in [2.75, 3.05) is 18.4 Å². The molecule has 1 N–H and O–H groups in total. The van der Waals surface area contributed by atoms with Crippen LogP contribution in [0.15, 0.2) is 33.8 Å². The largest absolute Gasteiger partial charge is 0.323 e. The first-order valence-electron chi connectivity index (χ1n) is 9.02. The molecular formula is C18H22BrFN4O3S. The van der Waals surface area contributed by atoms with Gasteiger partial charge in [0, 0.05) is 30.3 Å². The summed E-state index contributed by atoms with van der Waals surface area (Å²) in [6.45, 7) is 4.51. The molecule has 1 amide bonds. The van der Waals surface area contributed by atoms with Crippen molar-refractivity contribution in [2.24, 2.45) is 5.92 Å². The number of piperidine rings is 1. The van der Waals surface area contributed by atoms with Crippen LogP contribution in [0.25, 0.3) is 0 Å². The first-order valence-corrected chi connectivity index (χ1v) is 11.3. The number of amides is 1. The molecule has 0 saturated carbocycles. The fourth-order valence-electron chi connectivity index (χ4n) is 3.25. The van der Waals surface area contributed by atoms with Crippen molar-refractivity contribution in [3.8, 4) is 0 Å². The van der Waals surface area contributed by atoms with Crippen LogP contribution in [0.3, 0.4) is 0 Å². The Morgan fingerprint density at radius 3 is 2.82 bits per heavy atom. The number of benzene rings is 1. The van der Waals surface area contributed by atoms with Gasteiger partial charge in [0.15, 0.2) is 0 Å². The van der Waals surface area contributed by atoms with E-state index in [1.807, 2.05) is 6.92 Å². The molecule has 1 aromatic heterocycles. The quantitative estimate of drug-likeness (QED) is 0.723. The molecule has 0 bridgehead atoms. The molecule has 1 aliphatic heterocycles. The monoisotopic (exact) mass is 472 g/mol. The Morgan fingerprint density at radius 2 is 2.18 bits per heavy atom. The maximum absolute atomic E-state index is 14.0. The molecule has 2 aromatic rings. The Hall–Kier alpha value is -1.78. The van der Waals surface area contributed by atoms with E-state index in [4.69, 9.17) is 0 Å². The van der Waals surface area contributed by atoms with Crippen LogP contribution in [-0.4, -0.2) is 41.5 Å². The molecule has 7 nitrogen and oxygen atoms in total. The molecule has 0 radical (unpaired) electrons. The van der Waals surface area contributed by atoms with Gasteiger partial charge in [-0.25, -0.2) is 12.8 Å². The maximum atomic E-state index is 14.0. The van der Waals surface area contributed by atoms with Gasteiger partial charge in [-0.1, -0.05) is 15.9 Å². The zero-order chi connectivity index (χ0) is 20.5. The number of nitrogens with zero attached hydrogens (tertiary/aromatic N) is 3. The van der Waals surface area contributed by atoms with E-state index in [1.54, 1.807) is 17.7 Å². The van der Waals surface area contributed by atoms with Crippen molar-refractivity contribution in [1.82, 2.24) is 14.1 Å². The smallest absolute Gasteiger partial charge is 0.246 e. The molecule has 0 aliphatic carbocycles. The predicted molar refractivity (Wildman–Crippen MR) is 107 cm³/mol. The van der Waals surface area contributed by atoms with Gasteiger partial charge in [0.1, 0.15) is 10.7 Å². The van der Waals surface area contributed by atoms with Gasteiger partial charge >= 0.3 is 0 Å². The second-order valence-corrected chi connectivity index (χ2v) is 9.57. The summed E-state index contributed by atoms with van der Waals surface area (Å²) < 4.78 is 43.5. The van der Waals surface area contributed by atoms with Crippen molar-refractivity contribution >= 4 is 37.5 Å². The number of sulfonamides is 1. The molecule has 0 spiro atoms. The normalized spacial score (nSPS) is 18.2. The fourth-order valence-corrected chi connectivity index (χ4v) is 5.28. The number of aromatic nitrogens is 2. The lowest BCUT2D eigenvalue weighted by Crippen LogP contribution is -2.43. The van der Waals surface area contributed by atoms with E-state index >= 15 is 0 Å². The molecule has 152 valence electrons. The summed E-state index contributed by atoms with van der Waals surface area (Å²) in [4.78, 5) is 12.8. The number of nitrogens with one attached hydrogen (secondary N) is 1. The Bertz CT molecular complexity index is 993. The van der Waals surface area contributed by atoms with Gasteiger partial charge < -0.3 is 5.32 Å². The number of hydrogen-bond acceptors (Lipinski definition) is 4. The first kappa shape index (κ1) is 20.9. The number of aryl methyl sites for hydroxylation is 2.